The summed E-state index contributed by atoms with van der Waals surface area (Å²) in [5.74, 6) is -2.25. The Labute approximate surface area is 687 Å². The van der Waals surface area contributed by atoms with Crippen LogP contribution in [0.5, 0.6) is 0 Å². The fourth-order valence-corrected chi connectivity index (χ4v) is 13.5. The molecule has 646 valence electrons. The Morgan fingerprint density at radius 3 is 1.06 bits per heavy atom. The summed E-state index contributed by atoms with van der Waals surface area (Å²) in [5, 5.41) is 9.49. The van der Waals surface area contributed by atoms with Gasteiger partial charge in [0.2, 0.25) is 0 Å². The highest BCUT2D eigenvalue weighted by Crippen LogP contribution is 2.61. The molecule has 0 aromatic carbocycles. The van der Waals surface area contributed by atoms with Crippen molar-refractivity contribution in [2.75, 3.05) is 73.9 Å². The third-order valence-corrected chi connectivity index (χ3v) is 20.7. The van der Waals surface area contributed by atoms with Crippen LogP contribution in [0.2, 0.25) is 0 Å². The molecule has 18 nitrogen and oxygen atoms in total. The Bertz CT molecular complexity index is 2810. The van der Waals surface area contributed by atoms with Gasteiger partial charge in [0.1, 0.15) is 26.4 Å². The molecule has 0 aliphatic rings. The minimum atomic E-state index is -5.15. The number of nitrogens with zero attached hydrogens (tertiary/aromatic N) is 1. The molecule has 0 aliphatic carbocycles. The number of hydrogen-bond donors (Lipinski definition) is 2. The van der Waals surface area contributed by atoms with Crippen LogP contribution in [0, 0.1) is 0 Å². The Hall–Kier alpha value is -5.62. The highest BCUT2D eigenvalue weighted by Gasteiger charge is 2.35. The summed E-state index contributed by atoms with van der Waals surface area (Å²) in [4.78, 5) is 62.1. The lowest BCUT2D eigenvalue weighted by Crippen LogP contribution is -2.37. The first-order valence-corrected chi connectivity index (χ1v) is 46.5. The molecule has 3 N–H and O–H groups in total. The molecule has 0 bridgehead atoms. The fourth-order valence-electron chi connectivity index (χ4n) is 10.9. The Kier molecular flexibility index (Phi) is 81.6. The fraction of sp³-hybridized carbons (Fsp3) is 0.656. The first-order valence-electron chi connectivity index (χ1n) is 43.6. The number of phosphoric ester groups is 2. The third kappa shape index (κ3) is 87.1. The van der Waals surface area contributed by atoms with Crippen molar-refractivity contribution in [3.05, 3.63) is 170 Å². The average molecular weight is 1620 g/mol. The smallest absolute Gasteiger partial charge is 0.481 e. The van der Waals surface area contributed by atoms with Crippen molar-refractivity contribution < 1.29 is 79.6 Å². The van der Waals surface area contributed by atoms with Gasteiger partial charge in [-0.1, -0.05) is 365 Å². The number of unbranched alkanes of at least 4 members (excludes halogenated alkanes) is 36. The molecule has 0 fully saturated rings. The largest absolute Gasteiger partial charge is 0.756 e. The summed E-state index contributed by atoms with van der Waals surface area (Å²) in [5.41, 5.74) is 5.51. The van der Waals surface area contributed by atoms with E-state index in [1.807, 2.05) is 94.1 Å². The van der Waals surface area contributed by atoms with Crippen LogP contribution in [0.3, 0.4) is 0 Å². The number of hydrogen-bond acceptors (Lipinski definition) is 17. The quantitative estimate of drug-likeness (QED) is 0.00840. The Balaban J connectivity index is 0. The van der Waals surface area contributed by atoms with Crippen LogP contribution in [0.25, 0.3) is 0 Å². The molecule has 113 heavy (non-hydrogen) atoms. The summed E-state index contributed by atoms with van der Waals surface area (Å²) >= 11 is 0. The van der Waals surface area contributed by atoms with Crippen molar-refractivity contribution in [3.63, 3.8) is 0 Å². The van der Waals surface area contributed by atoms with Crippen molar-refractivity contribution >= 4 is 39.5 Å². The third-order valence-electron chi connectivity index (χ3n) is 17.6. The normalized spacial score (nSPS) is 14.3. The molecule has 0 aromatic rings. The topological polar surface area (TPSA) is 246 Å². The minimum absolute atomic E-state index is 0.107. The molecule has 20 heteroatoms. The van der Waals surface area contributed by atoms with E-state index in [-0.39, 0.29) is 45.8 Å². The minimum Gasteiger partial charge on any atom is -0.756 e. The van der Waals surface area contributed by atoms with Crippen molar-refractivity contribution in [2.24, 2.45) is 5.73 Å². The number of nitrogens with two attached hydrogens (primary N) is 1. The van der Waals surface area contributed by atoms with Crippen molar-refractivity contribution in [1.29, 1.82) is 0 Å². The van der Waals surface area contributed by atoms with E-state index in [9.17, 15) is 38.3 Å². The van der Waals surface area contributed by atoms with Crippen molar-refractivity contribution in [3.8, 4) is 0 Å². The van der Waals surface area contributed by atoms with E-state index < -0.39 is 64.9 Å². The number of ether oxygens (including phenoxy) is 4. The predicted molar refractivity (Wildman–Crippen MR) is 469 cm³/mol. The van der Waals surface area contributed by atoms with Gasteiger partial charge >= 0.3 is 31.7 Å². The lowest BCUT2D eigenvalue weighted by atomic mass is 10.1. The molecule has 0 spiro atoms. The number of aliphatic hydroxyl groups is 1. The average Bonchev–Trinajstić information content (AvgIpc) is 0.843. The maximum Gasteiger partial charge on any atom is 0.481 e. The molecule has 0 saturated carbocycles. The van der Waals surface area contributed by atoms with E-state index in [4.69, 9.17) is 42.6 Å². The molecule has 0 aromatic heterocycles. The van der Waals surface area contributed by atoms with Crippen LogP contribution in [-0.4, -0.2) is 120 Å². The number of rotatable bonds is 77. The van der Waals surface area contributed by atoms with E-state index in [1.165, 1.54) is 179 Å². The van der Waals surface area contributed by atoms with Crippen LogP contribution in [0.4, 0.5) is 0 Å². The molecule has 0 amide bonds. The maximum atomic E-state index is 13.4. The molecule has 0 rings (SSSR count). The van der Waals surface area contributed by atoms with Crippen LogP contribution >= 0.6 is 15.6 Å². The van der Waals surface area contributed by atoms with Crippen LogP contribution in [0.15, 0.2) is 170 Å². The molecule has 4 atom stereocenters. The summed E-state index contributed by atoms with van der Waals surface area (Å²) in [6.45, 7) is 6.89. The van der Waals surface area contributed by atoms with E-state index in [2.05, 4.69) is 76.3 Å². The van der Waals surface area contributed by atoms with Gasteiger partial charge in [0, 0.05) is 31.5 Å². The predicted octanol–water partition coefficient (Wildman–Crippen LogP) is 24.2. The second-order valence-electron chi connectivity index (χ2n) is 29.5. The first-order chi connectivity index (χ1) is 54.9. The lowest BCUT2D eigenvalue weighted by Gasteiger charge is -2.29. The Morgan fingerprint density at radius 1 is 0.363 bits per heavy atom. The number of esters is 4. The molecule has 0 radical (unpaired) electrons. The van der Waals surface area contributed by atoms with Gasteiger partial charge in [0.05, 0.1) is 41.0 Å². The number of aliphatic hydroxyl groups excluding tert-OH is 1. The van der Waals surface area contributed by atoms with Crippen LogP contribution in [-0.2, 0) is 65.1 Å². The highest BCUT2D eigenvalue weighted by molar-refractivity contribution is 7.61. The number of phosphoric acid groups is 2. The van der Waals surface area contributed by atoms with Gasteiger partial charge in [0.25, 0.3) is 7.82 Å². The molecular formula is C93H158N2O16P2. The van der Waals surface area contributed by atoms with Gasteiger partial charge < -0.3 is 43.7 Å². The number of quaternary nitrogens is 1. The molecule has 2 unspecified atom stereocenters. The second-order valence-corrected chi connectivity index (χ2v) is 32.8. The summed E-state index contributed by atoms with van der Waals surface area (Å²) in [6, 6.07) is 0. The zero-order valence-electron chi connectivity index (χ0n) is 71.6. The van der Waals surface area contributed by atoms with Gasteiger partial charge in [-0.05, 0) is 89.9 Å². The first kappa shape index (κ1) is 109. The number of carbonyl (C=O) groups excluding carboxylic acids is 4. The molecule has 0 aliphatic heterocycles. The Morgan fingerprint density at radius 2 is 0.690 bits per heavy atom. The summed E-state index contributed by atoms with van der Waals surface area (Å²) < 4.78 is 67.8. The maximum absolute atomic E-state index is 13.4. The van der Waals surface area contributed by atoms with E-state index in [0.717, 1.165) is 89.9 Å². The van der Waals surface area contributed by atoms with Crippen molar-refractivity contribution in [1.82, 2.24) is 0 Å². The zero-order chi connectivity index (χ0) is 83.2. The van der Waals surface area contributed by atoms with Crippen LogP contribution in [0.1, 0.15) is 310 Å². The highest BCUT2D eigenvalue weighted by atomic mass is 31.3. The standard InChI is InChI=1S/C47H68O5.C46H90N2O11P2/c1-3-5-7-9-11-13-15-17-19-21-23-25-27-29-31-33-35-37-39-41-46(49)51-44-45(43-48)52-47(50)42-40-38-36-34-32-30-28-26-24-22-20-18-16-14-12-10-8-6-4-2;1-6-8-10-12-14-16-18-20-22-24-26-28-30-32-34-36-45(49)54-42-44(43-57-61(53,56-40-38-47)59-60(51,52)55-41-39-48(3,4)5)58-46(50)37-35-33-31-29-27-25-23-21-19-17-15-13-11-9-7-2/h19-42,45,48H,3-18,43-44H2,1-2H3;20-23,44H,6-19,24-43,47H2,1-5H3/b;22-20-,23-21-/t45-;44-,61?/m01/s1. The van der Waals surface area contributed by atoms with Crippen LogP contribution < -0.4 is 10.6 Å². The molecular weight excluding hydrogens is 1460 g/mol. The van der Waals surface area contributed by atoms with Gasteiger partial charge in [-0.2, -0.15) is 0 Å². The lowest BCUT2D eigenvalue weighted by molar-refractivity contribution is -0.870. The van der Waals surface area contributed by atoms with E-state index in [1.54, 1.807) is 36.5 Å². The van der Waals surface area contributed by atoms with Gasteiger partial charge in [0.15, 0.2) is 12.2 Å². The monoisotopic (exact) mass is 1620 g/mol. The number of likely N-dealkylation sites (N-methyl/N-ethyl adjacent to an activating group) is 1. The van der Waals surface area contributed by atoms with Gasteiger partial charge in [-0.25, -0.2) is 18.5 Å². The SMILES string of the molecule is CCCCCCCC/C=C\CCCCCCCC(=O)OC[C@H](COP(=O)(OCCN)OP(=O)([O-])OCC[N+](C)(C)C)OC(=O)CCCCCCC/C=C\CCCCCCCC.CCCCCCCCCC=CC=CC=CC=CC=CC=CC(=O)OC[C@H](CO)OC(=O)C=CC=CC=CC=CC=CC=CCCCCCCCCC. The van der Waals surface area contributed by atoms with Crippen molar-refractivity contribution in [2.45, 2.75) is 322 Å². The molecule has 0 saturated heterocycles. The van der Waals surface area contributed by atoms with E-state index >= 15 is 0 Å². The van der Waals surface area contributed by atoms with Gasteiger partial charge in [-0.15, -0.1) is 0 Å². The summed E-state index contributed by atoms with van der Waals surface area (Å²) in [6.07, 6.45) is 102. The van der Waals surface area contributed by atoms with E-state index in [0.29, 0.717) is 23.9 Å². The molecule has 0 heterocycles. The number of allylic oxidation sites excluding steroid dienone is 26. The van der Waals surface area contributed by atoms with Gasteiger partial charge in [-0.3, -0.25) is 23.2 Å². The summed E-state index contributed by atoms with van der Waals surface area (Å²) in [7, 11) is -4.41. The number of carbonyl (C=O) groups is 4. The second kappa shape index (κ2) is 84.3. The zero-order valence-corrected chi connectivity index (χ0v) is 73.4.